The molecule has 1 rings (SSSR count). The highest BCUT2D eigenvalue weighted by molar-refractivity contribution is 6.31. The minimum absolute atomic E-state index is 0. The van der Waals surface area contributed by atoms with Gasteiger partial charge >= 0.3 is 0 Å². The second-order valence-corrected chi connectivity index (χ2v) is 4.26. The van der Waals surface area contributed by atoms with Gasteiger partial charge < -0.3 is 20.5 Å². The molecule has 0 aliphatic carbocycles. The summed E-state index contributed by atoms with van der Waals surface area (Å²) in [6.07, 6.45) is 0. The second-order valence-electron chi connectivity index (χ2n) is 3.85. The van der Waals surface area contributed by atoms with E-state index in [9.17, 15) is 4.79 Å². The normalized spacial score (nSPS) is 11.4. The Balaban J connectivity index is 0.00000324. The van der Waals surface area contributed by atoms with Crippen molar-refractivity contribution in [2.75, 3.05) is 26.1 Å². The molecule has 1 atom stereocenters. The average molecular weight is 309 g/mol. The molecule has 0 saturated carbocycles. The van der Waals surface area contributed by atoms with Crippen LogP contribution in [0, 0.1) is 6.92 Å². The number of ether oxygens (including phenoxy) is 2. The summed E-state index contributed by atoms with van der Waals surface area (Å²) in [6, 6.07) is 2.66. The van der Waals surface area contributed by atoms with E-state index in [1.54, 1.807) is 12.1 Å². The van der Waals surface area contributed by atoms with Crippen LogP contribution in [-0.4, -0.2) is 32.8 Å². The Morgan fingerprint density at radius 1 is 1.47 bits per heavy atom. The SMILES string of the molecule is COCC(N)C(=O)Nc1cc(C)c(Cl)cc1OC.Cl. The number of nitrogens with one attached hydrogen (secondary N) is 1. The van der Waals surface area contributed by atoms with Crippen LogP contribution in [0.2, 0.25) is 5.02 Å². The van der Waals surface area contributed by atoms with E-state index in [4.69, 9.17) is 26.8 Å². The molecule has 0 aliphatic rings. The molecule has 0 heterocycles. The standard InChI is InChI=1S/C12H17ClN2O3.ClH/c1-7-4-10(11(18-3)5-8(7)13)15-12(16)9(14)6-17-2;/h4-5,9H,6,14H2,1-3H3,(H,15,16);1H. The molecule has 0 saturated heterocycles. The van der Waals surface area contributed by atoms with Crippen molar-refractivity contribution >= 4 is 35.6 Å². The lowest BCUT2D eigenvalue weighted by Crippen LogP contribution is -2.39. The van der Waals surface area contributed by atoms with Gasteiger partial charge in [0.05, 0.1) is 19.4 Å². The van der Waals surface area contributed by atoms with Gasteiger partial charge in [-0.05, 0) is 18.6 Å². The minimum atomic E-state index is -0.726. The molecule has 1 aromatic rings. The van der Waals surface area contributed by atoms with Crippen LogP contribution in [0.15, 0.2) is 12.1 Å². The first-order valence-electron chi connectivity index (χ1n) is 5.39. The number of nitrogens with two attached hydrogens (primary N) is 1. The van der Waals surface area contributed by atoms with Crippen molar-refractivity contribution in [1.82, 2.24) is 0 Å². The van der Waals surface area contributed by atoms with Crippen LogP contribution >= 0.6 is 24.0 Å². The number of benzene rings is 1. The molecular weight excluding hydrogens is 291 g/mol. The lowest BCUT2D eigenvalue weighted by Gasteiger charge is -2.15. The van der Waals surface area contributed by atoms with Gasteiger partial charge in [0.15, 0.2) is 0 Å². The van der Waals surface area contributed by atoms with Crippen LogP contribution < -0.4 is 15.8 Å². The Bertz CT molecular complexity index is 441. The summed E-state index contributed by atoms with van der Waals surface area (Å²) in [5, 5.41) is 3.26. The van der Waals surface area contributed by atoms with Crippen molar-refractivity contribution < 1.29 is 14.3 Å². The Morgan fingerprint density at radius 3 is 2.63 bits per heavy atom. The molecule has 1 unspecified atom stereocenters. The van der Waals surface area contributed by atoms with Crippen LogP contribution in [0.5, 0.6) is 5.75 Å². The van der Waals surface area contributed by atoms with E-state index in [0.717, 1.165) is 5.56 Å². The molecule has 3 N–H and O–H groups in total. The van der Waals surface area contributed by atoms with Crippen molar-refractivity contribution in [2.45, 2.75) is 13.0 Å². The van der Waals surface area contributed by atoms with Gasteiger partial charge in [0.25, 0.3) is 0 Å². The molecule has 5 nitrogen and oxygen atoms in total. The van der Waals surface area contributed by atoms with Gasteiger partial charge in [-0.25, -0.2) is 0 Å². The molecule has 0 aliphatic heterocycles. The summed E-state index contributed by atoms with van der Waals surface area (Å²) >= 11 is 5.98. The topological polar surface area (TPSA) is 73.6 Å². The first-order chi connectivity index (χ1) is 8.49. The zero-order valence-corrected chi connectivity index (χ0v) is 12.6. The van der Waals surface area contributed by atoms with Crippen LogP contribution in [0.4, 0.5) is 5.69 Å². The third-order valence-electron chi connectivity index (χ3n) is 2.42. The molecule has 1 aromatic carbocycles. The molecule has 0 fully saturated rings. The number of carbonyl (C=O) groups is 1. The van der Waals surface area contributed by atoms with Gasteiger partial charge in [-0.3, -0.25) is 4.79 Å². The van der Waals surface area contributed by atoms with E-state index >= 15 is 0 Å². The molecule has 1 amide bonds. The van der Waals surface area contributed by atoms with E-state index in [1.807, 2.05) is 6.92 Å². The number of amides is 1. The number of carbonyl (C=O) groups excluding carboxylic acids is 1. The zero-order valence-electron chi connectivity index (χ0n) is 11.0. The van der Waals surface area contributed by atoms with Gasteiger partial charge in [0, 0.05) is 18.2 Å². The molecule has 108 valence electrons. The predicted molar refractivity (Wildman–Crippen MR) is 78.5 cm³/mol. The summed E-state index contributed by atoms with van der Waals surface area (Å²) < 4.78 is 9.97. The highest BCUT2D eigenvalue weighted by Gasteiger charge is 2.16. The largest absolute Gasteiger partial charge is 0.495 e. The fourth-order valence-electron chi connectivity index (χ4n) is 1.41. The lowest BCUT2D eigenvalue weighted by atomic mass is 10.2. The monoisotopic (exact) mass is 308 g/mol. The van der Waals surface area contributed by atoms with E-state index in [0.29, 0.717) is 16.5 Å². The van der Waals surface area contributed by atoms with Crippen molar-refractivity contribution in [3.63, 3.8) is 0 Å². The van der Waals surface area contributed by atoms with Crippen molar-refractivity contribution in [1.29, 1.82) is 0 Å². The first kappa shape index (κ1) is 18.0. The van der Waals surface area contributed by atoms with Crippen LogP contribution in [0.1, 0.15) is 5.56 Å². The van der Waals surface area contributed by atoms with Gasteiger partial charge in [-0.2, -0.15) is 0 Å². The highest BCUT2D eigenvalue weighted by atomic mass is 35.5. The van der Waals surface area contributed by atoms with Gasteiger partial charge in [-0.1, -0.05) is 11.6 Å². The predicted octanol–water partition coefficient (Wildman–Crippen LogP) is 1.99. The van der Waals surface area contributed by atoms with E-state index < -0.39 is 6.04 Å². The van der Waals surface area contributed by atoms with E-state index in [-0.39, 0.29) is 24.9 Å². The number of methoxy groups -OCH3 is 2. The van der Waals surface area contributed by atoms with E-state index in [2.05, 4.69) is 5.32 Å². The quantitative estimate of drug-likeness (QED) is 0.872. The van der Waals surface area contributed by atoms with Crippen molar-refractivity contribution in [3.05, 3.63) is 22.7 Å². The fourth-order valence-corrected chi connectivity index (χ4v) is 1.56. The molecule has 19 heavy (non-hydrogen) atoms. The molecule has 0 radical (unpaired) electrons. The fraction of sp³-hybridized carbons (Fsp3) is 0.417. The maximum atomic E-state index is 11.8. The summed E-state index contributed by atoms with van der Waals surface area (Å²) in [7, 11) is 2.99. The van der Waals surface area contributed by atoms with Crippen LogP contribution in [0.25, 0.3) is 0 Å². The van der Waals surface area contributed by atoms with E-state index in [1.165, 1.54) is 14.2 Å². The lowest BCUT2D eigenvalue weighted by molar-refractivity contribution is -0.118. The Morgan fingerprint density at radius 2 is 2.11 bits per heavy atom. The highest BCUT2D eigenvalue weighted by Crippen LogP contribution is 2.30. The maximum absolute atomic E-state index is 11.8. The first-order valence-corrected chi connectivity index (χ1v) is 5.77. The number of halogens is 2. The number of aryl methyl sites for hydroxylation is 1. The molecular formula is C12H18Cl2N2O3. The number of hydrogen-bond donors (Lipinski definition) is 2. The molecule has 0 aromatic heterocycles. The summed E-state index contributed by atoms with van der Waals surface area (Å²) in [4.78, 5) is 11.8. The minimum Gasteiger partial charge on any atom is -0.495 e. The maximum Gasteiger partial charge on any atom is 0.243 e. The van der Waals surface area contributed by atoms with Gasteiger partial charge in [-0.15, -0.1) is 12.4 Å². The van der Waals surface area contributed by atoms with Crippen LogP contribution in [-0.2, 0) is 9.53 Å². The third-order valence-corrected chi connectivity index (χ3v) is 2.83. The third kappa shape index (κ3) is 4.87. The second kappa shape index (κ2) is 8.22. The molecule has 0 spiro atoms. The summed E-state index contributed by atoms with van der Waals surface area (Å²) in [6.45, 7) is 1.99. The summed E-state index contributed by atoms with van der Waals surface area (Å²) in [5.41, 5.74) is 7.01. The van der Waals surface area contributed by atoms with Crippen molar-refractivity contribution in [3.8, 4) is 5.75 Å². The Hall–Kier alpha value is -1.01. The number of hydrogen-bond acceptors (Lipinski definition) is 4. The molecule has 0 bridgehead atoms. The van der Waals surface area contributed by atoms with Crippen LogP contribution in [0.3, 0.4) is 0 Å². The smallest absolute Gasteiger partial charge is 0.243 e. The van der Waals surface area contributed by atoms with Crippen molar-refractivity contribution in [2.24, 2.45) is 5.73 Å². The average Bonchev–Trinajstić information content (AvgIpc) is 2.33. The Labute approximate surface area is 123 Å². The summed E-state index contributed by atoms with van der Waals surface area (Å²) in [5.74, 6) is 0.153. The van der Waals surface area contributed by atoms with Gasteiger partial charge in [0.1, 0.15) is 11.8 Å². The van der Waals surface area contributed by atoms with Gasteiger partial charge in [0.2, 0.25) is 5.91 Å². The number of rotatable bonds is 5. The zero-order chi connectivity index (χ0) is 13.7. The molecule has 7 heteroatoms. The Kier molecular flexibility index (Phi) is 7.78. The number of anilines is 1.